The second-order valence-electron chi connectivity index (χ2n) is 6.15. The second-order valence-corrected chi connectivity index (χ2v) is 6.15. The zero-order chi connectivity index (χ0) is 18.1. The maximum absolute atomic E-state index is 5.56. The van der Waals surface area contributed by atoms with Gasteiger partial charge in [0.25, 0.3) is 0 Å². The molecular formula is C20H29IN4O. The molecule has 0 saturated heterocycles. The number of ether oxygens (including phenoxy) is 1. The van der Waals surface area contributed by atoms with Crippen LogP contribution in [0.2, 0.25) is 0 Å². The largest absolute Gasteiger partial charge is 0.475 e. The van der Waals surface area contributed by atoms with Crippen LogP contribution in [0.25, 0.3) is 0 Å². The normalized spacial score (nSPS) is 11.0. The molecule has 0 bridgehead atoms. The molecular weight excluding hydrogens is 439 g/mol. The molecule has 2 N–H and O–H groups in total. The first kappa shape index (κ1) is 22.2. The quantitative estimate of drug-likeness (QED) is 0.366. The third kappa shape index (κ3) is 7.59. The van der Waals surface area contributed by atoms with Crippen LogP contribution >= 0.6 is 24.0 Å². The Labute approximate surface area is 173 Å². The molecule has 0 radical (unpaired) electrons. The van der Waals surface area contributed by atoms with E-state index in [0.717, 1.165) is 24.6 Å². The van der Waals surface area contributed by atoms with Gasteiger partial charge in [-0.05, 0) is 44.4 Å². The lowest BCUT2D eigenvalue weighted by Gasteiger charge is -2.13. The van der Waals surface area contributed by atoms with Gasteiger partial charge in [0, 0.05) is 25.4 Å². The number of nitrogens with zero attached hydrogens (tertiary/aromatic N) is 2. The number of hydrogen-bond donors (Lipinski definition) is 2. The highest BCUT2D eigenvalue weighted by atomic mass is 127. The van der Waals surface area contributed by atoms with Gasteiger partial charge < -0.3 is 15.4 Å². The van der Waals surface area contributed by atoms with Gasteiger partial charge in [-0.1, -0.05) is 30.3 Å². The first-order valence-electron chi connectivity index (χ1n) is 8.76. The lowest BCUT2D eigenvalue weighted by molar-refractivity contribution is 0.232. The summed E-state index contributed by atoms with van der Waals surface area (Å²) in [5.41, 5.74) is 3.59. The third-order valence-electron chi connectivity index (χ3n) is 3.63. The van der Waals surface area contributed by atoms with Crippen LogP contribution in [0.5, 0.6) is 5.88 Å². The molecule has 142 valence electrons. The minimum absolute atomic E-state index is 0. The van der Waals surface area contributed by atoms with Crippen molar-refractivity contribution in [3.63, 3.8) is 0 Å². The monoisotopic (exact) mass is 468 g/mol. The van der Waals surface area contributed by atoms with Crippen molar-refractivity contribution in [2.75, 3.05) is 6.54 Å². The Morgan fingerprint density at radius 3 is 2.54 bits per heavy atom. The van der Waals surface area contributed by atoms with E-state index in [1.54, 1.807) is 0 Å². The van der Waals surface area contributed by atoms with Crippen molar-refractivity contribution in [3.8, 4) is 5.88 Å². The molecule has 0 unspecified atom stereocenters. The average molecular weight is 468 g/mol. The van der Waals surface area contributed by atoms with E-state index in [2.05, 4.69) is 58.7 Å². The number of benzene rings is 1. The van der Waals surface area contributed by atoms with Gasteiger partial charge in [-0.15, -0.1) is 24.0 Å². The van der Waals surface area contributed by atoms with E-state index in [-0.39, 0.29) is 30.1 Å². The second kappa shape index (κ2) is 11.7. The maximum atomic E-state index is 5.56. The summed E-state index contributed by atoms with van der Waals surface area (Å²) in [6, 6.07) is 12.2. The van der Waals surface area contributed by atoms with Crippen molar-refractivity contribution in [3.05, 3.63) is 59.3 Å². The Morgan fingerprint density at radius 1 is 1.15 bits per heavy atom. The van der Waals surface area contributed by atoms with Gasteiger partial charge in [-0.2, -0.15) is 0 Å². The molecule has 2 rings (SSSR count). The Morgan fingerprint density at radius 2 is 1.92 bits per heavy atom. The highest BCUT2D eigenvalue weighted by molar-refractivity contribution is 14.0. The predicted molar refractivity (Wildman–Crippen MR) is 118 cm³/mol. The minimum Gasteiger partial charge on any atom is -0.475 e. The Hall–Kier alpha value is -1.83. The van der Waals surface area contributed by atoms with Crippen LogP contribution in [-0.2, 0) is 13.1 Å². The van der Waals surface area contributed by atoms with Crippen LogP contribution in [-0.4, -0.2) is 23.6 Å². The van der Waals surface area contributed by atoms with E-state index in [0.29, 0.717) is 12.4 Å². The van der Waals surface area contributed by atoms with E-state index >= 15 is 0 Å². The molecule has 2 aromatic rings. The molecule has 0 amide bonds. The number of hydrogen-bond acceptors (Lipinski definition) is 3. The SMILES string of the molecule is CCNC(=NCc1ccc(OC(C)C)nc1)NCc1ccccc1C.I. The molecule has 1 heterocycles. The fourth-order valence-electron chi connectivity index (χ4n) is 2.32. The number of rotatable bonds is 7. The Balaban J connectivity index is 0.00000338. The first-order chi connectivity index (χ1) is 12.1. The summed E-state index contributed by atoms with van der Waals surface area (Å²) in [5.74, 6) is 1.44. The summed E-state index contributed by atoms with van der Waals surface area (Å²) in [7, 11) is 0. The van der Waals surface area contributed by atoms with Gasteiger partial charge in [-0.25, -0.2) is 9.98 Å². The van der Waals surface area contributed by atoms with E-state index in [9.17, 15) is 0 Å². The minimum atomic E-state index is 0. The van der Waals surface area contributed by atoms with Crippen molar-refractivity contribution in [2.24, 2.45) is 4.99 Å². The highest BCUT2D eigenvalue weighted by Gasteiger charge is 2.02. The Bertz CT molecular complexity index is 686. The summed E-state index contributed by atoms with van der Waals surface area (Å²) in [6.07, 6.45) is 1.94. The molecule has 1 aromatic carbocycles. The molecule has 0 aliphatic carbocycles. The number of aromatic nitrogens is 1. The molecule has 0 atom stereocenters. The fourth-order valence-corrected chi connectivity index (χ4v) is 2.32. The molecule has 0 fully saturated rings. The van der Waals surface area contributed by atoms with Crippen LogP contribution in [0.3, 0.4) is 0 Å². The number of nitrogens with one attached hydrogen (secondary N) is 2. The van der Waals surface area contributed by atoms with Crippen molar-refractivity contribution in [2.45, 2.75) is 46.9 Å². The van der Waals surface area contributed by atoms with Crippen molar-refractivity contribution >= 4 is 29.9 Å². The number of aliphatic imine (C=N–C) groups is 1. The molecule has 6 heteroatoms. The molecule has 0 saturated carbocycles. The van der Waals surface area contributed by atoms with Crippen molar-refractivity contribution in [1.29, 1.82) is 0 Å². The van der Waals surface area contributed by atoms with Gasteiger partial charge in [-0.3, -0.25) is 0 Å². The van der Waals surface area contributed by atoms with Crippen LogP contribution < -0.4 is 15.4 Å². The number of aryl methyl sites for hydroxylation is 1. The molecule has 26 heavy (non-hydrogen) atoms. The van der Waals surface area contributed by atoms with Gasteiger partial charge in [0.1, 0.15) is 0 Å². The third-order valence-corrected chi connectivity index (χ3v) is 3.63. The Kier molecular flexibility index (Phi) is 10.0. The summed E-state index contributed by atoms with van der Waals surface area (Å²) in [6.45, 7) is 10.3. The lowest BCUT2D eigenvalue weighted by Crippen LogP contribution is -2.36. The molecule has 5 nitrogen and oxygen atoms in total. The van der Waals surface area contributed by atoms with Gasteiger partial charge in [0.05, 0.1) is 12.6 Å². The first-order valence-corrected chi connectivity index (χ1v) is 8.76. The average Bonchev–Trinajstić information content (AvgIpc) is 2.59. The molecule has 0 aliphatic rings. The number of guanidine groups is 1. The van der Waals surface area contributed by atoms with E-state index in [1.165, 1.54) is 11.1 Å². The predicted octanol–water partition coefficient (Wildman–Crippen LogP) is 4.05. The van der Waals surface area contributed by atoms with Crippen LogP contribution in [0.4, 0.5) is 0 Å². The molecule has 0 aliphatic heterocycles. The smallest absolute Gasteiger partial charge is 0.213 e. The maximum Gasteiger partial charge on any atom is 0.213 e. The van der Waals surface area contributed by atoms with E-state index < -0.39 is 0 Å². The lowest BCUT2D eigenvalue weighted by atomic mass is 10.1. The zero-order valence-electron chi connectivity index (χ0n) is 16.0. The standard InChI is InChI=1S/C20H28N4O.HI/c1-5-21-20(24-14-18-9-7-6-8-16(18)4)23-13-17-10-11-19(22-12-17)25-15(2)3;/h6-12,15H,5,13-14H2,1-4H3,(H2,21,23,24);1H. The fraction of sp³-hybridized carbons (Fsp3) is 0.400. The van der Waals surface area contributed by atoms with Crippen LogP contribution in [0.1, 0.15) is 37.5 Å². The molecule has 1 aromatic heterocycles. The topological polar surface area (TPSA) is 58.5 Å². The van der Waals surface area contributed by atoms with Crippen molar-refractivity contribution < 1.29 is 4.74 Å². The summed E-state index contributed by atoms with van der Waals surface area (Å²) < 4.78 is 5.56. The number of pyridine rings is 1. The van der Waals surface area contributed by atoms with Crippen molar-refractivity contribution in [1.82, 2.24) is 15.6 Å². The summed E-state index contributed by atoms with van der Waals surface area (Å²) >= 11 is 0. The molecule has 0 spiro atoms. The van der Waals surface area contributed by atoms with Gasteiger partial charge in [0.15, 0.2) is 5.96 Å². The zero-order valence-corrected chi connectivity index (χ0v) is 18.3. The van der Waals surface area contributed by atoms with E-state index in [4.69, 9.17) is 4.74 Å². The highest BCUT2D eigenvalue weighted by Crippen LogP contribution is 2.10. The van der Waals surface area contributed by atoms with Crippen LogP contribution in [0.15, 0.2) is 47.6 Å². The summed E-state index contributed by atoms with van der Waals surface area (Å²) in [4.78, 5) is 8.95. The van der Waals surface area contributed by atoms with Gasteiger partial charge >= 0.3 is 0 Å². The number of halogens is 1. The van der Waals surface area contributed by atoms with Crippen LogP contribution in [0, 0.1) is 6.92 Å². The van der Waals surface area contributed by atoms with E-state index in [1.807, 2.05) is 32.2 Å². The van der Waals surface area contributed by atoms with Gasteiger partial charge in [0.2, 0.25) is 5.88 Å². The summed E-state index contributed by atoms with van der Waals surface area (Å²) in [5, 5.41) is 6.65.